The third kappa shape index (κ3) is 5.08. The number of aromatic nitrogens is 1. The molecular weight excluding hydrogens is 455 g/mol. The first-order valence-electron chi connectivity index (χ1n) is 11.8. The number of halogens is 1. The highest BCUT2D eigenvalue weighted by Gasteiger charge is 2.35. The molecule has 1 saturated heterocycles. The molecule has 0 radical (unpaired) electrons. The fourth-order valence-corrected chi connectivity index (χ4v) is 4.29. The second-order valence-electron chi connectivity index (χ2n) is 9.40. The van der Waals surface area contributed by atoms with Crippen molar-refractivity contribution in [2.45, 2.75) is 45.6 Å². The van der Waals surface area contributed by atoms with Crippen LogP contribution in [0.1, 0.15) is 47.1 Å². The Labute approximate surface area is 203 Å². The number of ether oxygens (including phenoxy) is 1. The Morgan fingerprint density at radius 2 is 1.97 bits per heavy atom. The number of nitrogens with zero attached hydrogens (tertiary/aromatic N) is 3. The highest BCUT2D eigenvalue weighted by Crippen LogP contribution is 2.35. The maximum atomic E-state index is 14.5. The van der Waals surface area contributed by atoms with E-state index in [9.17, 15) is 23.9 Å². The Balaban J connectivity index is 1.68. The minimum atomic E-state index is -1.61. The van der Waals surface area contributed by atoms with Crippen molar-refractivity contribution in [3.63, 3.8) is 0 Å². The summed E-state index contributed by atoms with van der Waals surface area (Å²) in [7, 11) is 0. The fraction of sp³-hybridized carbons (Fsp3) is 0.480. The van der Waals surface area contributed by atoms with E-state index in [-0.39, 0.29) is 30.1 Å². The van der Waals surface area contributed by atoms with Crippen LogP contribution < -0.4 is 15.8 Å². The highest BCUT2D eigenvalue weighted by molar-refractivity contribution is 6.07. The molecule has 9 nitrogen and oxygen atoms in total. The lowest BCUT2D eigenvalue weighted by atomic mass is 10.0. The number of carbonyl (C=O) groups excluding carboxylic acids is 2. The zero-order chi connectivity index (χ0) is 25.3. The minimum Gasteiger partial charge on any atom is -0.387 e. The van der Waals surface area contributed by atoms with Crippen LogP contribution in [0.25, 0.3) is 0 Å². The molecule has 2 aromatic rings. The van der Waals surface area contributed by atoms with E-state index in [1.165, 1.54) is 29.4 Å². The normalized spacial score (nSPS) is 16.9. The molecule has 0 saturated carbocycles. The lowest BCUT2D eigenvalue weighted by Crippen LogP contribution is -2.42. The summed E-state index contributed by atoms with van der Waals surface area (Å²) < 4.78 is 21.4. The Morgan fingerprint density at radius 1 is 1.26 bits per heavy atom. The van der Waals surface area contributed by atoms with Crippen molar-refractivity contribution in [1.82, 2.24) is 9.47 Å². The average molecular weight is 487 g/mol. The third-order valence-electron chi connectivity index (χ3n) is 6.45. The predicted octanol–water partition coefficient (Wildman–Crippen LogP) is 2.02. The quantitative estimate of drug-likeness (QED) is 0.621. The first kappa shape index (κ1) is 24.9. The number of alkyl halides is 1. The van der Waals surface area contributed by atoms with Gasteiger partial charge in [0.2, 0.25) is 0 Å². The number of morpholine rings is 1. The Kier molecular flexibility index (Phi) is 6.95. The number of hydrogen-bond acceptors (Lipinski definition) is 6. The third-order valence-corrected chi connectivity index (χ3v) is 6.45. The highest BCUT2D eigenvalue weighted by atomic mass is 19.1. The van der Waals surface area contributed by atoms with Crippen LogP contribution in [-0.4, -0.2) is 71.0 Å². The van der Waals surface area contributed by atoms with Crippen molar-refractivity contribution in [2.24, 2.45) is 0 Å². The molecule has 1 atom stereocenters. The molecule has 0 bridgehead atoms. The van der Waals surface area contributed by atoms with E-state index in [0.29, 0.717) is 55.3 Å². The van der Waals surface area contributed by atoms with Crippen molar-refractivity contribution in [1.29, 1.82) is 0 Å². The van der Waals surface area contributed by atoms with Gasteiger partial charge in [-0.2, -0.15) is 0 Å². The van der Waals surface area contributed by atoms with E-state index in [1.807, 2.05) is 11.8 Å². The van der Waals surface area contributed by atoms with Crippen LogP contribution in [0.5, 0.6) is 0 Å². The second kappa shape index (κ2) is 9.79. The van der Waals surface area contributed by atoms with Crippen molar-refractivity contribution in [3.05, 3.63) is 57.5 Å². The van der Waals surface area contributed by atoms with Crippen LogP contribution in [0.15, 0.2) is 35.3 Å². The van der Waals surface area contributed by atoms with E-state index in [2.05, 4.69) is 5.32 Å². The molecule has 1 unspecified atom stereocenters. The summed E-state index contributed by atoms with van der Waals surface area (Å²) in [4.78, 5) is 42.2. The van der Waals surface area contributed by atoms with Crippen molar-refractivity contribution in [2.75, 3.05) is 43.1 Å². The van der Waals surface area contributed by atoms with Gasteiger partial charge in [0.15, 0.2) is 0 Å². The van der Waals surface area contributed by atoms with Crippen LogP contribution >= 0.6 is 0 Å². The van der Waals surface area contributed by atoms with Crippen LogP contribution in [-0.2, 0) is 17.8 Å². The number of nitrogens with one attached hydrogen (secondary N) is 1. The molecule has 188 valence electrons. The van der Waals surface area contributed by atoms with Gasteiger partial charge in [-0.3, -0.25) is 14.4 Å². The monoisotopic (exact) mass is 486 g/mol. The van der Waals surface area contributed by atoms with Gasteiger partial charge in [0, 0.05) is 37.9 Å². The standard InChI is InChI=1S/C25H31FN4O5/c1-4-28-7-5-6-17(23(28)32)22(31)27-19-12-16-14-30(15-21(26)25(2,3)34)24(33)18(16)13-20(19)29-8-10-35-11-9-29/h5-7,12-13,21,34H,4,8-11,14-15H2,1-3H3,(H,27,31). The van der Waals surface area contributed by atoms with Crippen molar-refractivity contribution in [3.8, 4) is 0 Å². The van der Waals surface area contributed by atoms with E-state index in [0.717, 1.165) is 0 Å². The van der Waals surface area contributed by atoms with Crippen molar-refractivity contribution < 1.29 is 23.8 Å². The van der Waals surface area contributed by atoms with Gasteiger partial charge in [0.05, 0.1) is 36.7 Å². The summed E-state index contributed by atoms with van der Waals surface area (Å²) in [5.74, 6) is -0.868. The second-order valence-corrected chi connectivity index (χ2v) is 9.40. The summed E-state index contributed by atoms with van der Waals surface area (Å²) in [6, 6.07) is 6.56. The molecule has 0 aliphatic carbocycles. The Hall–Kier alpha value is -3.24. The number of aliphatic hydroxyl groups is 1. The molecular formula is C25H31FN4O5. The number of amides is 2. The van der Waals surface area contributed by atoms with Gasteiger partial charge in [0.25, 0.3) is 17.4 Å². The molecule has 4 rings (SSSR count). The van der Waals surface area contributed by atoms with Gasteiger partial charge in [-0.25, -0.2) is 4.39 Å². The molecule has 10 heteroatoms. The first-order valence-corrected chi connectivity index (χ1v) is 11.8. The number of benzene rings is 1. The lowest BCUT2D eigenvalue weighted by Gasteiger charge is -2.31. The van der Waals surface area contributed by atoms with E-state index in [1.54, 1.807) is 24.4 Å². The Morgan fingerprint density at radius 3 is 2.63 bits per heavy atom. The summed E-state index contributed by atoms with van der Waals surface area (Å²) in [6.45, 7) is 7.05. The summed E-state index contributed by atoms with van der Waals surface area (Å²) in [6.07, 6.45) is 0.0112. The average Bonchev–Trinajstić information content (AvgIpc) is 3.12. The molecule has 35 heavy (non-hydrogen) atoms. The fourth-order valence-electron chi connectivity index (χ4n) is 4.29. The summed E-state index contributed by atoms with van der Waals surface area (Å²) in [5, 5.41) is 12.8. The smallest absolute Gasteiger partial charge is 0.263 e. The molecule has 0 spiro atoms. The lowest BCUT2D eigenvalue weighted by molar-refractivity contribution is -0.0159. The zero-order valence-corrected chi connectivity index (χ0v) is 20.2. The van der Waals surface area contributed by atoms with E-state index >= 15 is 0 Å². The van der Waals surface area contributed by atoms with E-state index < -0.39 is 17.7 Å². The van der Waals surface area contributed by atoms with Crippen LogP contribution in [0.2, 0.25) is 0 Å². The van der Waals surface area contributed by atoms with Gasteiger partial charge in [0.1, 0.15) is 11.7 Å². The minimum absolute atomic E-state index is 0.0194. The molecule has 1 fully saturated rings. The number of anilines is 2. The molecule has 3 heterocycles. The zero-order valence-electron chi connectivity index (χ0n) is 20.2. The van der Waals surface area contributed by atoms with Crippen LogP contribution in [0.3, 0.4) is 0 Å². The predicted molar refractivity (Wildman–Crippen MR) is 130 cm³/mol. The molecule has 1 aromatic heterocycles. The van der Waals surface area contributed by atoms with Gasteiger partial charge < -0.3 is 29.5 Å². The maximum absolute atomic E-state index is 14.5. The number of carbonyl (C=O) groups is 2. The number of aryl methyl sites for hydroxylation is 1. The largest absolute Gasteiger partial charge is 0.387 e. The number of rotatable bonds is 7. The molecule has 1 aromatic carbocycles. The summed E-state index contributed by atoms with van der Waals surface area (Å²) >= 11 is 0. The first-order chi connectivity index (χ1) is 16.6. The Bertz CT molecular complexity index is 1180. The van der Waals surface area contributed by atoms with Gasteiger partial charge >= 0.3 is 0 Å². The van der Waals surface area contributed by atoms with Gasteiger partial charge in [-0.15, -0.1) is 0 Å². The van der Waals surface area contributed by atoms with Crippen molar-refractivity contribution >= 4 is 23.2 Å². The topological polar surface area (TPSA) is 104 Å². The molecule has 2 amide bonds. The number of pyridine rings is 1. The number of fused-ring (bicyclic) bond motifs is 1. The molecule has 2 aliphatic rings. The SMILES string of the molecule is CCn1cccc(C(=O)Nc2cc3c(cc2N2CCOCC2)C(=O)N(CC(F)C(C)(C)O)C3)c1=O. The van der Waals surface area contributed by atoms with Crippen LogP contribution in [0, 0.1) is 0 Å². The van der Waals surface area contributed by atoms with Crippen LogP contribution in [0.4, 0.5) is 15.8 Å². The molecule has 2 N–H and O–H groups in total. The van der Waals surface area contributed by atoms with E-state index in [4.69, 9.17) is 4.74 Å². The molecule has 2 aliphatic heterocycles. The van der Waals surface area contributed by atoms with Gasteiger partial charge in [-0.1, -0.05) is 0 Å². The number of hydrogen-bond donors (Lipinski definition) is 2. The maximum Gasteiger partial charge on any atom is 0.263 e. The van der Waals surface area contributed by atoms with Gasteiger partial charge in [-0.05, 0) is 50.6 Å². The summed E-state index contributed by atoms with van der Waals surface area (Å²) in [5.41, 5.74) is 0.241.